The van der Waals surface area contributed by atoms with Gasteiger partial charge in [0.25, 0.3) is 5.91 Å². The number of esters is 1. The number of carbonyl (C=O) groups is 4. The van der Waals surface area contributed by atoms with Crippen molar-refractivity contribution >= 4 is 23.9 Å². The van der Waals surface area contributed by atoms with Gasteiger partial charge in [0.1, 0.15) is 17.3 Å². The third kappa shape index (κ3) is 9.85. The van der Waals surface area contributed by atoms with Gasteiger partial charge < -0.3 is 24.6 Å². The van der Waals surface area contributed by atoms with E-state index < -0.39 is 29.6 Å². The van der Waals surface area contributed by atoms with Crippen molar-refractivity contribution in [2.24, 2.45) is 0 Å². The Bertz CT molecular complexity index is 1220. The normalized spacial score (nSPS) is 14.2. The minimum atomic E-state index is -0.972. The third-order valence-corrected chi connectivity index (χ3v) is 6.78. The Morgan fingerprint density at radius 1 is 0.976 bits per heavy atom. The number of piperazine rings is 1. The molecule has 1 saturated heterocycles. The molecule has 0 unspecified atom stereocenters. The van der Waals surface area contributed by atoms with Crippen molar-refractivity contribution in [3.05, 3.63) is 53.7 Å². The van der Waals surface area contributed by atoms with E-state index in [1.165, 1.54) is 0 Å². The molecule has 0 bridgehead atoms. The molecule has 10 nitrogen and oxygen atoms in total. The fraction of sp³-hybridized carbons (Fsp3) is 0.531. The number of hydrogen-bond donors (Lipinski definition) is 1. The summed E-state index contributed by atoms with van der Waals surface area (Å²) in [6.07, 6.45) is 2.38. The lowest BCUT2D eigenvalue weighted by molar-refractivity contribution is -0.155. The highest BCUT2D eigenvalue weighted by atomic mass is 16.6. The van der Waals surface area contributed by atoms with E-state index in [1.54, 1.807) is 43.6 Å². The summed E-state index contributed by atoms with van der Waals surface area (Å²) in [5.74, 6) is -1.26. The number of aromatic nitrogens is 1. The predicted octanol–water partition coefficient (Wildman–Crippen LogP) is 4.61. The van der Waals surface area contributed by atoms with Crippen LogP contribution in [0.2, 0.25) is 0 Å². The van der Waals surface area contributed by atoms with Gasteiger partial charge in [0, 0.05) is 38.2 Å². The minimum Gasteiger partial charge on any atom is -0.460 e. The van der Waals surface area contributed by atoms with Crippen LogP contribution in [0.5, 0.6) is 0 Å². The van der Waals surface area contributed by atoms with E-state index in [1.807, 2.05) is 36.4 Å². The van der Waals surface area contributed by atoms with Gasteiger partial charge >= 0.3 is 12.1 Å². The van der Waals surface area contributed by atoms with Crippen LogP contribution in [0.4, 0.5) is 4.79 Å². The average Bonchev–Trinajstić information content (AvgIpc) is 2.97. The van der Waals surface area contributed by atoms with Crippen molar-refractivity contribution in [1.29, 1.82) is 0 Å². The highest BCUT2D eigenvalue weighted by Crippen LogP contribution is 2.21. The molecule has 1 fully saturated rings. The van der Waals surface area contributed by atoms with Crippen LogP contribution in [0.1, 0.15) is 76.4 Å². The fourth-order valence-electron chi connectivity index (χ4n) is 4.67. The van der Waals surface area contributed by atoms with Crippen LogP contribution in [0.3, 0.4) is 0 Å². The van der Waals surface area contributed by atoms with Crippen LogP contribution in [0, 0.1) is 0 Å². The van der Waals surface area contributed by atoms with E-state index in [0.717, 1.165) is 30.4 Å². The molecule has 1 aromatic heterocycles. The first-order valence-electron chi connectivity index (χ1n) is 14.8. The summed E-state index contributed by atoms with van der Waals surface area (Å²) in [7, 11) is 0. The Morgan fingerprint density at radius 3 is 2.26 bits per heavy atom. The van der Waals surface area contributed by atoms with Gasteiger partial charge in [-0.3, -0.25) is 14.4 Å². The van der Waals surface area contributed by atoms with Gasteiger partial charge in [0.2, 0.25) is 5.91 Å². The van der Waals surface area contributed by atoms with Crippen LogP contribution in [-0.4, -0.2) is 83.1 Å². The van der Waals surface area contributed by atoms with E-state index >= 15 is 0 Å². The first kappa shape index (κ1) is 32.6. The number of benzene rings is 1. The van der Waals surface area contributed by atoms with Crippen LogP contribution in [0.25, 0.3) is 11.3 Å². The molecule has 2 aromatic rings. The number of aryl methyl sites for hydroxylation is 1. The van der Waals surface area contributed by atoms with Crippen molar-refractivity contribution in [3.63, 3.8) is 0 Å². The minimum absolute atomic E-state index is 0.0457. The van der Waals surface area contributed by atoms with E-state index in [2.05, 4.69) is 17.2 Å². The molecule has 0 spiro atoms. The van der Waals surface area contributed by atoms with Crippen molar-refractivity contribution in [1.82, 2.24) is 20.1 Å². The molecule has 10 heteroatoms. The van der Waals surface area contributed by atoms with Crippen molar-refractivity contribution < 1.29 is 28.7 Å². The summed E-state index contributed by atoms with van der Waals surface area (Å²) in [5, 5.41) is 2.86. The second kappa shape index (κ2) is 15.3. The highest BCUT2D eigenvalue weighted by Gasteiger charge is 2.32. The second-order valence-electron chi connectivity index (χ2n) is 11.4. The lowest BCUT2D eigenvalue weighted by Crippen LogP contribution is -2.56. The van der Waals surface area contributed by atoms with Crippen molar-refractivity contribution in [2.45, 2.75) is 78.4 Å². The van der Waals surface area contributed by atoms with Crippen LogP contribution in [0.15, 0.2) is 42.5 Å². The summed E-state index contributed by atoms with van der Waals surface area (Å²) in [4.78, 5) is 59.7. The molecule has 1 N–H and O–H groups in total. The summed E-state index contributed by atoms with van der Waals surface area (Å²) in [6.45, 7) is 10.7. The van der Waals surface area contributed by atoms with Crippen LogP contribution >= 0.6 is 0 Å². The van der Waals surface area contributed by atoms with E-state index in [9.17, 15) is 19.2 Å². The Labute approximate surface area is 248 Å². The SMILES string of the molecule is CCCCc1cc(C(=O)N[C@@H](CCC(=O)OC(C)(C)C)C(=O)N2CCN(C(=O)OCC)CC2)nc(-c2ccccc2)c1. The summed E-state index contributed by atoms with van der Waals surface area (Å²) in [6, 6.07) is 12.4. The summed E-state index contributed by atoms with van der Waals surface area (Å²) >= 11 is 0. The van der Waals surface area contributed by atoms with Gasteiger partial charge in [0.15, 0.2) is 0 Å². The first-order valence-corrected chi connectivity index (χ1v) is 14.8. The first-order chi connectivity index (χ1) is 20.0. The van der Waals surface area contributed by atoms with Gasteiger partial charge in [-0.15, -0.1) is 0 Å². The van der Waals surface area contributed by atoms with Crippen LogP contribution < -0.4 is 5.32 Å². The maximum absolute atomic E-state index is 13.7. The zero-order valence-corrected chi connectivity index (χ0v) is 25.5. The molecular formula is C32H44N4O6. The van der Waals surface area contributed by atoms with Crippen LogP contribution in [-0.2, 0) is 25.5 Å². The van der Waals surface area contributed by atoms with Gasteiger partial charge in [0.05, 0.1) is 12.3 Å². The zero-order chi connectivity index (χ0) is 30.7. The molecule has 0 radical (unpaired) electrons. The molecule has 1 aliphatic rings. The molecule has 1 aliphatic heterocycles. The fourth-order valence-corrected chi connectivity index (χ4v) is 4.67. The molecule has 3 rings (SSSR count). The zero-order valence-electron chi connectivity index (χ0n) is 25.5. The molecule has 228 valence electrons. The number of amides is 3. The number of nitrogens with one attached hydrogen (secondary N) is 1. The predicted molar refractivity (Wildman–Crippen MR) is 160 cm³/mol. The van der Waals surface area contributed by atoms with Gasteiger partial charge in [-0.2, -0.15) is 0 Å². The largest absolute Gasteiger partial charge is 0.460 e. The summed E-state index contributed by atoms with van der Waals surface area (Å²) < 4.78 is 10.5. The van der Waals surface area contributed by atoms with E-state index in [4.69, 9.17) is 9.47 Å². The summed E-state index contributed by atoms with van der Waals surface area (Å²) in [5.41, 5.74) is 2.11. The third-order valence-electron chi connectivity index (χ3n) is 6.78. The second-order valence-corrected chi connectivity index (χ2v) is 11.4. The quantitative estimate of drug-likeness (QED) is 0.386. The van der Waals surface area contributed by atoms with Crippen molar-refractivity contribution in [3.8, 4) is 11.3 Å². The monoisotopic (exact) mass is 580 g/mol. The molecule has 2 heterocycles. The Hall–Kier alpha value is -3.95. The highest BCUT2D eigenvalue weighted by molar-refractivity contribution is 5.97. The molecular weight excluding hydrogens is 536 g/mol. The number of carbonyl (C=O) groups excluding carboxylic acids is 4. The maximum Gasteiger partial charge on any atom is 0.409 e. The van der Waals surface area contributed by atoms with E-state index in [0.29, 0.717) is 31.9 Å². The molecule has 1 atom stereocenters. The average molecular weight is 581 g/mol. The smallest absolute Gasteiger partial charge is 0.409 e. The number of ether oxygens (including phenoxy) is 2. The Morgan fingerprint density at radius 2 is 1.64 bits per heavy atom. The van der Waals surface area contributed by atoms with E-state index in [-0.39, 0.29) is 31.0 Å². The molecule has 3 amide bonds. The molecule has 0 aliphatic carbocycles. The standard InChI is InChI=1S/C32H44N4O6/c1-6-8-12-23-21-26(24-13-10-9-11-14-24)33-27(22-23)29(38)34-25(15-16-28(37)42-32(3,4)5)30(39)35-17-19-36(20-18-35)31(40)41-7-2/h9-11,13-14,21-22,25H,6-8,12,15-20H2,1-5H3,(H,34,38)/t25-/m0/s1. The Balaban J connectivity index is 1.81. The van der Waals surface area contributed by atoms with Gasteiger partial charge in [-0.1, -0.05) is 43.7 Å². The van der Waals surface area contributed by atoms with Gasteiger partial charge in [-0.25, -0.2) is 9.78 Å². The lowest BCUT2D eigenvalue weighted by atomic mass is 10.0. The molecule has 1 aromatic carbocycles. The maximum atomic E-state index is 13.7. The van der Waals surface area contributed by atoms with Gasteiger partial charge in [-0.05, 0) is 64.7 Å². The molecule has 0 saturated carbocycles. The number of unbranched alkanes of at least 4 members (excludes halogenated alkanes) is 1. The lowest BCUT2D eigenvalue weighted by Gasteiger charge is -2.36. The topological polar surface area (TPSA) is 118 Å². The number of nitrogens with zero attached hydrogens (tertiary/aromatic N) is 3. The van der Waals surface area contributed by atoms with Crippen molar-refractivity contribution in [2.75, 3.05) is 32.8 Å². The number of pyridine rings is 1. The molecule has 42 heavy (non-hydrogen) atoms. The Kier molecular flexibility index (Phi) is 11.9. The number of rotatable bonds is 11. The number of hydrogen-bond acceptors (Lipinski definition) is 7.